The van der Waals surface area contributed by atoms with Crippen LogP contribution < -0.4 is 15.8 Å². The smallest absolute Gasteiger partial charge is 0.255 e. The van der Waals surface area contributed by atoms with Crippen molar-refractivity contribution in [3.63, 3.8) is 0 Å². The first-order valence-corrected chi connectivity index (χ1v) is 12.7. The van der Waals surface area contributed by atoms with Gasteiger partial charge in [0.15, 0.2) is 23.0 Å². The van der Waals surface area contributed by atoms with Crippen molar-refractivity contribution in [1.29, 1.82) is 0 Å². The van der Waals surface area contributed by atoms with E-state index in [9.17, 15) is 13.6 Å². The number of amides is 1. The molecule has 198 valence electrons. The lowest BCUT2D eigenvalue weighted by molar-refractivity contribution is 0.0688. The zero-order chi connectivity index (χ0) is 26.8. The van der Waals surface area contributed by atoms with E-state index in [0.29, 0.717) is 59.0 Å². The minimum Gasteiger partial charge on any atom is -0.494 e. The van der Waals surface area contributed by atoms with E-state index in [4.69, 9.17) is 22.1 Å². The number of fused-ring (bicyclic) bond motifs is 1. The molecule has 2 aromatic carbocycles. The van der Waals surface area contributed by atoms with Gasteiger partial charge in [0.05, 0.1) is 29.6 Å². The Kier molecular flexibility index (Phi) is 7.44. The second kappa shape index (κ2) is 10.9. The molecule has 3 N–H and O–H groups in total. The van der Waals surface area contributed by atoms with E-state index < -0.39 is 11.6 Å². The van der Waals surface area contributed by atoms with Gasteiger partial charge in [-0.15, -0.1) is 0 Å². The highest BCUT2D eigenvalue weighted by molar-refractivity contribution is 6.34. The normalized spacial score (nSPS) is 14.2. The number of piperidine rings is 1. The first-order chi connectivity index (χ1) is 18.4. The lowest BCUT2D eigenvalue weighted by Crippen LogP contribution is -2.39. The van der Waals surface area contributed by atoms with Crippen molar-refractivity contribution < 1.29 is 18.3 Å². The molecule has 8 nitrogen and oxygen atoms in total. The zero-order valence-corrected chi connectivity index (χ0v) is 21.5. The first kappa shape index (κ1) is 25.9. The van der Waals surface area contributed by atoms with E-state index in [0.717, 1.165) is 19.3 Å². The van der Waals surface area contributed by atoms with Gasteiger partial charge in [-0.25, -0.2) is 14.4 Å². The quantitative estimate of drug-likeness (QED) is 0.331. The molecule has 11 heteroatoms. The summed E-state index contributed by atoms with van der Waals surface area (Å²) in [5, 5.41) is 3.47. The molecule has 1 saturated heterocycles. The fraction of sp³-hybridized carbons (Fsp3) is 0.296. The number of hydrogen-bond acceptors (Lipinski definition) is 6. The number of carbonyl (C=O) groups excluding carboxylic acids is 1. The maximum atomic E-state index is 14.7. The number of rotatable bonds is 7. The van der Waals surface area contributed by atoms with Crippen LogP contribution in [0.2, 0.25) is 5.02 Å². The average molecular weight is 541 g/mol. The van der Waals surface area contributed by atoms with E-state index in [-0.39, 0.29) is 17.2 Å². The highest BCUT2D eigenvalue weighted by Crippen LogP contribution is 2.32. The Morgan fingerprint density at radius 3 is 2.68 bits per heavy atom. The third-order valence-electron chi connectivity index (χ3n) is 6.91. The second-order valence-electron chi connectivity index (χ2n) is 9.19. The molecule has 38 heavy (non-hydrogen) atoms. The van der Waals surface area contributed by atoms with Crippen molar-refractivity contribution in [1.82, 2.24) is 19.3 Å². The molecule has 4 aromatic rings. The van der Waals surface area contributed by atoms with E-state index in [1.807, 2.05) is 4.90 Å². The van der Waals surface area contributed by atoms with Gasteiger partial charge in [0.1, 0.15) is 0 Å². The van der Waals surface area contributed by atoms with Crippen LogP contribution in [0.25, 0.3) is 16.9 Å². The number of methoxy groups -OCH3 is 1. The Bertz CT molecular complexity index is 1490. The van der Waals surface area contributed by atoms with Crippen molar-refractivity contribution in [2.75, 3.05) is 32.1 Å². The Morgan fingerprint density at radius 1 is 1.18 bits per heavy atom. The van der Waals surface area contributed by atoms with Gasteiger partial charge >= 0.3 is 0 Å². The van der Waals surface area contributed by atoms with E-state index in [1.54, 1.807) is 28.8 Å². The number of imidazole rings is 1. The lowest BCUT2D eigenvalue weighted by atomic mass is 9.93. The van der Waals surface area contributed by atoms with Gasteiger partial charge in [0.2, 0.25) is 5.82 Å². The summed E-state index contributed by atoms with van der Waals surface area (Å²) < 4.78 is 35.5. The standard InChI is InChI=1S/C27H27ClF2N6O2/c1-38-22-5-4-19(23(29)24(22)30)21-15-33-26-25(32-10-13-36(21)26)34-17-2-3-18(20(28)14-17)27(37)35-11-7-16(6-9-31)8-12-35/h2-5,10,13-16H,6-9,11-12,31H2,1H3,(H,32,34). The number of nitrogens with zero attached hydrogens (tertiary/aromatic N) is 4. The van der Waals surface area contributed by atoms with Gasteiger partial charge in [-0.2, -0.15) is 4.39 Å². The molecular weight excluding hydrogens is 514 g/mol. The van der Waals surface area contributed by atoms with Crippen molar-refractivity contribution in [3.8, 4) is 17.0 Å². The van der Waals surface area contributed by atoms with Crippen LogP contribution in [-0.4, -0.2) is 51.9 Å². The number of nitrogens with two attached hydrogens (primary N) is 1. The fourth-order valence-corrected chi connectivity index (χ4v) is 5.09. The van der Waals surface area contributed by atoms with Crippen LogP contribution in [0.5, 0.6) is 5.75 Å². The molecule has 3 heterocycles. The summed E-state index contributed by atoms with van der Waals surface area (Å²) in [6, 6.07) is 7.88. The summed E-state index contributed by atoms with van der Waals surface area (Å²) in [7, 11) is 1.27. The number of anilines is 2. The Morgan fingerprint density at radius 2 is 1.97 bits per heavy atom. The lowest BCUT2D eigenvalue weighted by Gasteiger charge is -2.32. The topological polar surface area (TPSA) is 97.8 Å². The summed E-state index contributed by atoms with van der Waals surface area (Å²) in [6.07, 6.45) is 7.43. The van der Waals surface area contributed by atoms with Crippen molar-refractivity contribution in [2.24, 2.45) is 11.7 Å². The molecule has 1 amide bonds. The second-order valence-corrected chi connectivity index (χ2v) is 9.60. The van der Waals surface area contributed by atoms with Gasteiger partial charge in [-0.3, -0.25) is 9.20 Å². The molecule has 1 fully saturated rings. The number of benzene rings is 2. The van der Waals surface area contributed by atoms with Gasteiger partial charge in [0.25, 0.3) is 5.91 Å². The SMILES string of the molecule is COc1ccc(-c2cnc3c(Nc4ccc(C(=O)N5CCC(CCN)CC5)c(Cl)c4)nccn23)c(F)c1F. The maximum Gasteiger partial charge on any atom is 0.255 e. The summed E-state index contributed by atoms with van der Waals surface area (Å²) in [4.78, 5) is 23.6. The Hall–Kier alpha value is -3.76. The summed E-state index contributed by atoms with van der Waals surface area (Å²) in [6.45, 7) is 2.04. The van der Waals surface area contributed by atoms with Crippen LogP contribution in [0.15, 0.2) is 48.9 Å². The molecule has 5 rings (SSSR count). The summed E-state index contributed by atoms with van der Waals surface area (Å²) >= 11 is 6.51. The van der Waals surface area contributed by atoms with Crippen LogP contribution in [0.4, 0.5) is 20.3 Å². The molecule has 0 aliphatic carbocycles. The molecule has 0 bridgehead atoms. The molecule has 0 spiro atoms. The molecule has 0 atom stereocenters. The molecular formula is C27H27ClF2N6O2. The molecule has 1 aliphatic heterocycles. The first-order valence-electron chi connectivity index (χ1n) is 12.3. The number of ether oxygens (including phenoxy) is 1. The highest BCUT2D eigenvalue weighted by Gasteiger charge is 2.25. The number of hydrogen-bond donors (Lipinski definition) is 2. The predicted octanol–water partition coefficient (Wildman–Crippen LogP) is 5.28. The minimum atomic E-state index is -1.07. The van der Waals surface area contributed by atoms with Crippen molar-refractivity contribution >= 4 is 34.7 Å². The summed E-state index contributed by atoms with van der Waals surface area (Å²) in [5.41, 5.74) is 7.47. The molecule has 2 aromatic heterocycles. The van der Waals surface area contributed by atoms with E-state index in [1.165, 1.54) is 31.6 Å². The molecule has 0 radical (unpaired) electrons. The van der Waals surface area contributed by atoms with Gasteiger partial charge in [-0.05, 0) is 62.1 Å². The average Bonchev–Trinajstić information content (AvgIpc) is 3.35. The van der Waals surface area contributed by atoms with Crippen LogP contribution in [0.3, 0.4) is 0 Å². The number of carbonyl (C=O) groups is 1. The van der Waals surface area contributed by atoms with Crippen LogP contribution in [0.1, 0.15) is 29.6 Å². The molecule has 1 aliphatic rings. The highest BCUT2D eigenvalue weighted by atomic mass is 35.5. The van der Waals surface area contributed by atoms with Crippen LogP contribution >= 0.6 is 11.6 Å². The van der Waals surface area contributed by atoms with Gasteiger partial charge in [0, 0.05) is 36.7 Å². The summed E-state index contributed by atoms with van der Waals surface area (Å²) in [5.74, 6) is -1.45. The minimum absolute atomic E-state index is 0.0333. The van der Waals surface area contributed by atoms with E-state index >= 15 is 0 Å². The number of halogens is 3. The Labute approximate surface area is 223 Å². The van der Waals surface area contributed by atoms with E-state index in [2.05, 4.69) is 15.3 Å². The largest absolute Gasteiger partial charge is 0.494 e. The third-order valence-corrected chi connectivity index (χ3v) is 7.22. The van der Waals surface area contributed by atoms with Gasteiger partial charge in [-0.1, -0.05) is 11.6 Å². The molecule has 0 saturated carbocycles. The van der Waals surface area contributed by atoms with Crippen LogP contribution in [0, 0.1) is 17.6 Å². The van der Waals surface area contributed by atoms with Crippen molar-refractivity contribution in [3.05, 3.63) is 71.1 Å². The zero-order valence-electron chi connectivity index (χ0n) is 20.8. The van der Waals surface area contributed by atoms with Gasteiger partial charge < -0.3 is 20.7 Å². The number of likely N-dealkylation sites (tertiary alicyclic amines) is 1. The number of nitrogens with one attached hydrogen (secondary N) is 1. The molecule has 0 unspecified atom stereocenters. The third kappa shape index (κ3) is 4.89. The fourth-order valence-electron chi connectivity index (χ4n) is 4.83. The Balaban J connectivity index is 1.37. The van der Waals surface area contributed by atoms with Crippen LogP contribution in [-0.2, 0) is 0 Å². The monoisotopic (exact) mass is 540 g/mol. The van der Waals surface area contributed by atoms with Crippen molar-refractivity contribution in [2.45, 2.75) is 19.3 Å². The number of aromatic nitrogens is 3. The predicted molar refractivity (Wildman–Crippen MR) is 142 cm³/mol. The maximum absolute atomic E-state index is 14.7.